The number of carbonyl (C=O) groups is 1. The van der Waals surface area contributed by atoms with Crippen LogP contribution in [0.4, 0.5) is 0 Å². The molecule has 1 amide bonds. The molecule has 5 heteroatoms. The van der Waals surface area contributed by atoms with Gasteiger partial charge in [0.1, 0.15) is 5.76 Å². The lowest BCUT2D eigenvalue weighted by molar-refractivity contribution is 0.0940. The molecule has 0 atom stereocenters. The molecule has 2 aromatic rings. The molecule has 1 aromatic carbocycles. The maximum absolute atomic E-state index is 12.1. The van der Waals surface area contributed by atoms with E-state index in [4.69, 9.17) is 4.52 Å². The monoisotopic (exact) mass is 290 g/mol. The summed E-state index contributed by atoms with van der Waals surface area (Å²) >= 11 is 1.57. The Kier molecular flexibility index (Phi) is 4.84. The Bertz CT molecular complexity index is 593. The molecule has 0 aliphatic rings. The van der Waals surface area contributed by atoms with Gasteiger partial charge in [0.25, 0.3) is 5.91 Å². The fraction of sp³-hybridized carbons (Fsp3) is 0.333. The lowest BCUT2D eigenvalue weighted by Gasteiger charge is -2.11. The Balaban J connectivity index is 2.09. The van der Waals surface area contributed by atoms with Crippen LogP contribution in [0.1, 0.15) is 35.7 Å². The van der Waals surface area contributed by atoms with E-state index in [-0.39, 0.29) is 11.9 Å². The Hall–Kier alpha value is -1.75. The van der Waals surface area contributed by atoms with Crippen molar-refractivity contribution in [2.45, 2.75) is 37.5 Å². The molecule has 106 valence electrons. The fourth-order valence-corrected chi connectivity index (χ4v) is 2.68. The predicted octanol–water partition coefficient (Wildman–Crippen LogP) is 3.41. The minimum Gasteiger partial charge on any atom is -0.360 e. The molecular weight excluding hydrogens is 272 g/mol. The predicted molar refractivity (Wildman–Crippen MR) is 79.8 cm³/mol. The third-order valence-corrected chi connectivity index (χ3v) is 3.69. The lowest BCUT2D eigenvalue weighted by Crippen LogP contribution is -2.30. The summed E-state index contributed by atoms with van der Waals surface area (Å²) in [4.78, 5) is 13.1. The van der Waals surface area contributed by atoms with E-state index in [1.807, 2.05) is 51.1 Å². The highest BCUT2D eigenvalue weighted by molar-refractivity contribution is 7.98. The van der Waals surface area contributed by atoms with Crippen molar-refractivity contribution >= 4 is 17.7 Å². The number of aryl methyl sites for hydroxylation is 1. The van der Waals surface area contributed by atoms with Crippen molar-refractivity contribution in [3.05, 3.63) is 47.3 Å². The molecule has 0 aliphatic heterocycles. The summed E-state index contributed by atoms with van der Waals surface area (Å²) in [6.45, 7) is 5.79. The van der Waals surface area contributed by atoms with Crippen LogP contribution < -0.4 is 5.32 Å². The molecule has 0 bridgehead atoms. The first-order chi connectivity index (χ1) is 9.56. The molecule has 1 heterocycles. The van der Waals surface area contributed by atoms with Gasteiger partial charge in [-0.25, -0.2) is 0 Å². The second-order valence-corrected chi connectivity index (χ2v) is 5.86. The van der Waals surface area contributed by atoms with Crippen LogP contribution in [0.3, 0.4) is 0 Å². The molecule has 0 unspecified atom stereocenters. The van der Waals surface area contributed by atoms with E-state index in [0.29, 0.717) is 11.3 Å². The van der Waals surface area contributed by atoms with Crippen LogP contribution in [0.15, 0.2) is 39.8 Å². The van der Waals surface area contributed by atoms with Crippen molar-refractivity contribution < 1.29 is 9.32 Å². The standard InChI is InChI=1S/C15H18N2O2S/c1-10(2)16-15(18)13-6-4-5-7-14(13)20-9-12-8-11(3)17-19-12/h4-8,10H,9H2,1-3H3,(H,16,18). The number of amides is 1. The van der Waals surface area contributed by atoms with Gasteiger partial charge in [-0.05, 0) is 32.9 Å². The fourth-order valence-electron chi connectivity index (χ4n) is 1.75. The van der Waals surface area contributed by atoms with Gasteiger partial charge in [0.15, 0.2) is 0 Å². The third kappa shape index (κ3) is 3.87. The molecule has 0 spiro atoms. The van der Waals surface area contributed by atoms with E-state index in [1.165, 1.54) is 0 Å². The average molecular weight is 290 g/mol. The molecule has 0 saturated heterocycles. The number of hydrogen-bond acceptors (Lipinski definition) is 4. The molecule has 0 aliphatic carbocycles. The molecule has 0 fully saturated rings. The first-order valence-electron chi connectivity index (χ1n) is 6.51. The minimum absolute atomic E-state index is 0.0446. The van der Waals surface area contributed by atoms with Crippen LogP contribution in [0.25, 0.3) is 0 Å². The number of nitrogens with one attached hydrogen (secondary N) is 1. The van der Waals surface area contributed by atoms with Crippen LogP contribution in [-0.2, 0) is 5.75 Å². The molecule has 4 nitrogen and oxygen atoms in total. The van der Waals surface area contributed by atoms with E-state index in [1.54, 1.807) is 11.8 Å². The first kappa shape index (κ1) is 14.7. The number of carbonyl (C=O) groups excluding carboxylic acids is 1. The van der Waals surface area contributed by atoms with Crippen LogP contribution in [0, 0.1) is 6.92 Å². The Morgan fingerprint density at radius 3 is 2.80 bits per heavy atom. The van der Waals surface area contributed by atoms with E-state index in [9.17, 15) is 4.79 Å². The minimum atomic E-state index is -0.0446. The second kappa shape index (κ2) is 6.61. The number of aromatic nitrogens is 1. The average Bonchev–Trinajstić information content (AvgIpc) is 2.82. The van der Waals surface area contributed by atoms with Gasteiger partial charge >= 0.3 is 0 Å². The third-order valence-electron chi connectivity index (χ3n) is 2.60. The summed E-state index contributed by atoms with van der Waals surface area (Å²) < 4.78 is 5.18. The summed E-state index contributed by atoms with van der Waals surface area (Å²) in [7, 11) is 0. The molecule has 2 rings (SSSR count). The smallest absolute Gasteiger partial charge is 0.252 e. The Morgan fingerprint density at radius 1 is 1.40 bits per heavy atom. The summed E-state index contributed by atoms with van der Waals surface area (Å²) in [6.07, 6.45) is 0. The van der Waals surface area contributed by atoms with Crippen molar-refractivity contribution in [2.24, 2.45) is 0 Å². The molecule has 0 radical (unpaired) electrons. The number of hydrogen-bond donors (Lipinski definition) is 1. The number of nitrogens with zero attached hydrogens (tertiary/aromatic N) is 1. The van der Waals surface area contributed by atoms with Crippen LogP contribution in [-0.4, -0.2) is 17.1 Å². The van der Waals surface area contributed by atoms with Gasteiger partial charge < -0.3 is 9.84 Å². The molecule has 1 aromatic heterocycles. The van der Waals surface area contributed by atoms with Crippen LogP contribution in [0.5, 0.6) is 0 Å². The summed E-state index contributed by atoms with van der Waals surface area (Å²) in [5, 5.41) is 6.77. The van der Waals surface area contributed by atoms with Crippen molar-refractivity contribution in [1.82, 2.24) is 10.5 Å². The van der Waals surface area contributed by atoms with Crippen molar-refractivity contribution in [3.8, 4) is 0 Å². The van der Waals surface area contributed by atoms with Crippen LogP contribution >= 0.6 is 11.8 Å². The van der Waals surface area contributed by atoms with E-state index in [2.05, 4.69) is 10.5 Å². The highest BCUT2D eigenvalue weighted by Crippen LogP contribution is 2.26. The van der Waals surface area contributed by atoms with Crippen LogP contribution in [0.2, 0.25) is 0 Å². The van der Waals surface area contributed by atoms with Crippen molar-refractivity contribution in [3.63, 3.8) is 0 Å². The summed E-state index contributed by atoms with van der Waals surface area (Å²) in [5.41, 5.74) is 1.56. The van der Waals surface area contributed by atoms with Gasteiger partial charge in [0, 0.05) is 17.0 Å². The Labute approximate surface area is 122 Å². The van der Waals surface area contributed by atoms with Gasteiger partial charge in [-0.15, -0.1) is 11.8 Å². The maximum Gasteiger partial charge on any atom is 0.252 e. The van der Waals surface area contributed by atoms with Crippen molar-refractivity contribution in [2.75, 3.05) is 0 Å². The van der Waals surface area contributed by atoms with Gasteiger partial charge in [0.05, 0.1) is 17.0 Å². The molecule has 1 N–H and O–H groups in total. The molecule has 20 heavy (non-hydrogen) atoms. The topological polar surface area (TPSA) is 55.1 Å². The molecular formula is C15H18N2O2S. The zero-order chi connectivity index (χ0) is 14.5. The van der Waals surface area contributed by atoms with Crippen molar-refractivity contribution in [1.29, 1.82) is 0 Å². The van der Waals surface area contributed by atoms with Gasteiger partial charge in [-0.3, -0.25) is 4.79 Å². The lowest BCUT2D eigenvalue weighted by atomic mass is 10.2. The molecule has 0 saturated carbocycles. The quantitative estimate of drug-likeness (QED) is 0.857. The van der Waals surface area contributed by atoms with Gasteiger partial charge in [-0.1, -0.05) is 17.3 Å². The Morgan fingerprint density at radius 2 is 2.15 bits per heavy atom. The number of benzene rings is 1. The zero-order valence-electron chi connectivity index (χ0n) is 11.8. The van der Waals surface area contributed by atoms with E-state index in [0.717, 1.165) is 16.3 Å². The second-order valence-electron chi connectivity index (χ2n) is 4.85. The summed E-state index contributed by atoms with van der Waals surface area (Å²) in [6, 6.07) is 9.62. The highest BCUT2D eigenvalue weighted by atomic mass is 32.2. The summed E-state index contributed by atoms with van der Waals surface area (Å²) in [5.74, 6) is 1.43. The zero-order valence-corrected chi connectivity index (χ0v) is 12.7. The first-order valence-corrected chi connectivity index (χ1v) is 7.49. The maximum atomic E-state index is 12.1. The largest absolute Gasteiger partial charge is 0.360 e. The normalized spacial score (nSPS) is 10.8. The van der Waals surface area contributed by atoms with E-state index >= 15 is 0 Å². The number of rotatable bonds is 5. The van der Waals surface area contributed by atoms with Gasteiger partial charge in [-0.2, -0.15) is 0 Å². The van der Waals surface area contributed by atoms with Gasteiger partial charge in [0.2, 0.25) is 0 Å². The van der Waals surface area contributed by atoms with E-state index < -0.39 is 0 Å². The number of thioether (sulfide) groups is 1. The highest BCUT2D eigenvalue weighted by Gasteiger charge is 2.12. The SMILES string of the molecule is Cc1cc(CSc2ccccc2C(=O)NC(C)C)on1.